The molecule has 9 nitrogen and oxygen atoms in total. The molecule has 264 valence electrons. The first-order chi connectivity index (χ1) is 24.9. The van der Waals surface area contributed by atoms with E-state index >= 15 is 4.79 Å². The summed E-state index contributed by atoms with van der Waals surface area (Å²) in [6.45, 7) is 0. The zero-order valence-corrected chi connectivity index (χ0v) is 29.6. The summed E-state index contributed by atoms with van der Waals surface area (Å²) in [5.41, 5.74) is 3.58. The van der Waals surface area contributed by atoms with E-state index in [4.69, 9.17) is 39.5 Å². The van der Waals surface area contributed by atoms with Crippen molar-refractivity contribution in [3.05, 3.63) is 129 Å². The van der Waals surface area contributed by atoms with Crippen LogP contribution in [0.2, 0.25) is 15.1 Å². The Morgan fingerprint density at radius 1 is 0.846 bits per heavy atom. The lowest BCUT2D eigenvalue weighted by molar-refractivity contribution is -0.138. The van der Waals surface area contributed by atoms with Crippen LogP contribution in [0, 0.1) is 29.5 Å². The van der Waals surface area contributed by atoms with E-state index in [1.807, 2.05) is 6.08 Å². The topological polar surface area (TPSA) is 116 Å². The molecule has 2 aliphatic carbocycles. The number of ether oxygens (including phenoxy) is 1. The van der Waals surface area contributed by atoms with E-state index in [-0.39, 0.29) is 35.3 Å². The van der Waals surface area contributed by atoms with Crippen LogP contribution in [0.5, 0.6) is 11.5 Å². The highest BCUT2D eigenvalue weighted by Gasteiger charge is 2.70. The number of carbonyl (C=O) groups excluding carboxylic acids is 4. The molecule has 4 amide bonds. The van der Waals surface area contributed by atoms with Crippen LogP contribution in [0.1, 0.15) is 29.9 Å². The van der Waals surface area contributed by atoms with Gasteiger partial charge in [0.15, 0.2) is 11.5 Å². The molecule has 2 heterocycles. The molecule has 0 radical (unpaired) electrons. The number of phenols is 1. The van der Waals surface area contributed by atoms with E-state index in [1.165, 1.54) is 42.3 Å². The fourth-order valence-corrected chi connectivity index (χ4v) is 9.26. The van der Waals surface area contributed by atoms with Gasteiger partial charge in [-0.15, -0.1) is 0 Å². The Balaban J connectivity index is 1.35. The van der Waals surface area contributed by atoms with Gasteiger partial charge in [-0.3, -0.25) is 29.5 Å². The third-order valence-corrected chi connectivity index (χ3v) is 11.7. The summed E-state index contributed by atoms with van der Waals surface area (Å²) in [5.74, 6) is -6.90. The molecular formula is C39H29Cl3FN3O6. The van der Waals surface area contributed by atoms with Crippen molar-refractivity contribution >= 4 is 69.8 Å². The van der Waals surface area contributed by atoms with Gasteiger partial charge in [0.2, 0.25) is 11.8 Å². The second kappa shape index (κ2) is 12.6. The number of hydrogen-bond donors (Lipinski definition) is 2. The number of carbonyl (C=O) groups is 4. The third kappa shape index (κ3) is 5.03. The summed E-state index contributed by atoms with van der Waals surface area (Å²) >= 11 is 19.1. The van der Waals surface area contributed by atoms with Crippen LogP contribution in [-0.4, -0.2) is 40.9 Å². The number of aromatic hydroxyl groups is 1. The van der Waals surface area contributed by atoms with E-state index in [2.05, 4.69) is 5.43 Å². The minimum atomic E-state index is -1.63. The first-order valence-electron chi connectivity index (χ1n) is 16.5. The van der Waals surface area contributed by atoms with Crippen LogP contribution in [0.15, 0.2) is 96.6 Å². The Bertz CT molecular complexity index is 2200. The summed E-state index contributed by atoms with van der Waals surface area (Å²) in [5, 5.41) is 12.5. The minimum Gasteiger partial charge on any atom is -0.503 e. The summed E-state index contributed by atoms with van der Waals surface area (Å²) < 4.78 is 19.4. The average molecular weight is 761 g/mol. The molecule has 8 rings (SSSR count). The molecule has 2 saturated heterocycles. The molecule has 4 aromatic rings. The van der Waals surface area contributed by atoms with Gasteiger partial charge in [-0.25, -0.2) is 4.39 Å². The van der Waals surface area contributed by atoms with Gasteiger partial charge in [-0.05, 0) is 103 Å². The Morgan fingerprint density at radius 3 is 2.15 bits per heavy atom. The lowest BCUT2D eigenvalue weighted by Gasteiger charge is -2.50. The normalized spacial score (nSPS) is 26.6. The molecule has 3 fully saturated rings. The summed E-state index contributed by atoms with van der Waals surface area (Å²) in [4.78, 5) is 59.6. The predicted molar refractivity (Wildman–Crippen MR) is 193 cm³/mol. The van der Waals surface area contributed by atoms with Crippen LogP contribution < -0.4 is 15.1 Å². The quantitative estimate of drug-likeness (QED) is 0.153. The number of nitrogens with zero attached hydrogens (tertiary/aromatic N) is 2. The number of nitrogens with one attached hydrogen (secondary N) is 1. The van der Waals surface area contributed by atoms with E-state index in [0.29, 0.717) is 38.1 Å². The summed E-state index contributed by atoms with van der Waals surface area (Å²) in [6, 6.07) is 21.5. The van der Waals surface area contributed by atoms with Crippen molar-refractivity contribution < 1.29 is 33.4 Å². The van der Waals surface area contributed by atoms with Gasteiger partial charge in [-0.2, -0.15) is 5.01 Å². The average Bonchev–Trinajstić information content (AvgIpc) is 3.51. The molecule has 0 aromatic heterocycles. The van der Waals surface area contributed by atoms with Gasteiger partial charge < -0.3 is 9.84 Å². The van der Waals surface area contributed by atoms with Crippen molar-refractivity contribution in [3.63, 3.8) is 0 Å². The van der Waals surface area contributed by atoms with Gasteiger partial charge in [0.25, 0.3) is 11.8 Å². The number of amides is 4. The van der Waals surface area contributed by atoms with Gasteiger partial charge in [-0.1, -0.05) is 58.6 Å². The fraction of sp³-hybridized carbons (Fsp3) is 0.231. The van der Waals surface area contributed by atoms with Crippen molar-refractivity contribution in [2.45, 2.75) is 24.2 Å². The Morgan fingerprint density at radius 2 is 1.50 bits per heavy atom. The first kappa shape index (κ1) is 34.2. The highest BCUT2D eigenvalue weighted by atomic mass is 35.5. The second-order valence-corrected chi connectivity index (χ2v) is 14.7. The van der Waals surface area contributed by atoms with Crippen LogP contribution in [0.25, 0.3) is 0 Å². The van der Waals surface area contributed by atoms with Crippen molar-refractivity contribution in [2.24, 2.45) is 23.7 Å². The first-order valence-corrected chi connectivity index (χ1v) is 17.7. The number of methoxy groups -OCH3 is 1. The molecule has 4 aromatic carbocycles. The van der Waals surface area contributed by atoms with E-state index in [1.54, 1.807) is 54.6 Å². The van der Waals surface area contributed by atoms with Gasteiger partial charge in [0.05, 0.1) is 46.7 Å². The molecule has 52 heavy (non-hydrogen) atoms. The number of anilines is 2. The predicted octanol–water partition coefficient (Wildman–Crippen LogP) is 7.69. The monoisotopic (exact) mass is 759 g/mol. The van der Waals surface area contributed by atoms with Crippen LogP contribution >= 0.6 is 34.8 Å². The van der Waals surface area contributed by atoms with Crippen LogP contribution in [-0.2, 0) is 24.6 Å². The van der Waals surface area contributed by atoms with Crippen molar-refractivity contribution in [3.8, 4) is 11.5 Å². The summed E-state index contributed by atoms with van der Waals surface area (Å²) in [7, 11) is 1.37. The van der Waals surface area contributed by atoms with Crippen molar-refractivity contribution in [1.29, 1.82) is 0 Å². The van der Waals surface area contributed by atoms with E-state index < -0.39 is 58.5 Å². The molecule has 13 heteroatoms. The van der Waals surface area contributed by atoms with E-state index in [9.17, 15) is 23.9 Å². The molecule has 0 bridgehead atoms. The zero-order valence-electron chi connectivity index (χ0n) is 27.4. The number of halogens is 4. The summed E-state index contributed by atoms with van der Waals surface area (Å²) in [6.07, 6.45) is 2.16. The minimum absolute atomic E-state index is 0.0424. The van der Waals surface area contributed by atoms with Gasteiger partial charge in [0.1, 0.15) is 5.82 Å². The number of phenolic OH excluding ortho intramolecular Hbond substituents is 1. The van der Waals surface area contributed by atoms with Crippen LogP contribution in [0.3, 0.4) is 0 Å². The van der Waals surface area contributed by atoms with Gasteiger partial charge in [0, 0.05) is 16.0 Å². The number of benzene rings is 4. The number of fused-ring (bicyclic) bond motifs is 4. The zero-order chi connectivity index (χ0) is 36.6. The van der Waals surface area contributed by atoms with Crippen molar-refractivity contribution in [1.82, 2.24) is 5.01 Å². The van der Waals surface area contributed by atoms with Crippen LogP contribution in [0.4, 0.5) is 15.8 Å². The number of rotatable bonds is 6. The maximum absolute atomic E-state index is 15.3. The largest absolute Gasteiger partial charge is 0.503 e. The molecule has 2 aliphatic heterocycles. The lowest BCUT2D eigenvalue weighted by Crippen LogP contribution is -2.53. The standard InChI is InChI=1S/C39H29Cl3FN3O6/c1-52-31-17-19(16-30(42)34(31)47)33-26-14-15-27-32(37(50)45(35(27)48)25-12-6-22(41)7-13-25)28(26)18-29-36(49)46(44-24-10-8-23(43)9-11-24)38(51)39(29,33)20-2-4-21(40)5-3-20/h2-14,16-17,27-29,32-33,44,47H,15,18H2,1H3/t27-,28+,29-,32-,33-,39+/m0/s1. The molecule has 0 unspecified atom stereocenters. The van der Waals surface area contributed by atoms with Crippen molar-refractivity contribution in [2.75, 3.05) is 17.4 Å². The molecule has 2 N–H and O–H groups in total. The second-order valence-electron chi connectivity index (χ2n) is 13.4. The molecule has 6 atom stereocenters. The maximum Gasteiger partial charge on any atom is 0.260 e. The third-order valence-electron chi connectivity index (χ3n) is 10.9. The highest BCUT2D eigenvalue weighted by molar-refractivity contribution is 6.32. The SMILES string of the molecule is COc1cc([C@H]2C3=CC[C@@H]4C(=O)N(c5ccc(Cl)cc5)C(=O)[C@@H]4[C@@H]3C[C@H]3C(=O)N(Nc4ccc(F)cc4)C(=O)[C@@]23c2ccc(Cl)cc2)cc(Cl)c1O. The highest BCUT2D eigenvalue weighted by Crippen LogP contribution is 2.64. The number of allylic oxidation sites excluding steroid dienone is 2. The lowest BCUT2D eigenvalue weighted by atomic mass is 9.49. The number of hydrazine groups is 1. The van der Waals surface area contributed by atoms with Gasteiger partial charge >= 0.3 is 0 Å². The number of imide groups is 2. The Labute approximate surface area is 312 Å². The molecule has 0 spiro atoms. The Kier molecular flexibility index (Phi) is 8.32. The number of hydrogen-bond acceptors (Lipinski definition) is 7. The maximum atomic E-state index is 15.3. The molecule has 1 saturated carbocycles. The fourth-order valence-electron chi connectivity index (χ4n) is 8.79. The smallest absolute Gasteiger partial charge is 0.260 e. The van der Waals surface area contributed by atoms with E-state index in [0.717, 1.165) is 5.01 Å². The Hall–Kier alpha value is -4.90. The molecule has 4 aliphatic rings. The molecular weight excluding hydrogens is 732 g/mol.